The summed E-state index contributed by atoms with van der Waals surface area (Å²) >= 11 is -0.533. The van der Waals surface area contributed by atoms with E-state index in [1.165, 1.54) is 6.92 Å². The van der Waals surface area contributed by atoms with E-state index in [-0.39, 0.29) is 6.42 Å². The maximum atomic E-state index is 11.3. The van der Waals surface area contributed by atoms with Crippen LogP contribution in [0, 0.1) is 0 Å². The van der Waals surface area contributed by atoms with Crippen molar-refractivity contribution in [2.24, 2.45) is 0 Å². The van der Waals surface area contributed by atoms with Crippen molar-refractivity contribution in [1.29, 1.82) is 0 Å². The van der Waals surface area contributed by atoms with Gasteiger partial charge in [-0.05, 0) is 0 Å². The van der Waals surface area contributed by atoms with E-state index in [2.05, 4.69) is 0 Å². The molecule has 0 aliphatic heterocycles. The quantitative estimate of drug-likeness (QED) is 0.643. The van der Waals surface area contributed by atoms with Crippen molar-refractivity contribution in [3.63, 3.8) is 0 Å². The van der Waals surface area contributed by atoms with Gasteiger partial charge in [-0.3, -0.25) is 9.52 Å². The molecular weight excluding hydrogens is 167 g/mol. The minimum atomic E-state index is -4.38. The van der Waals surface area contributed by atoms with Gasteiger partial charge < -0.3 is 0 Å². The van der Waals surface area contributed by atoms with Gasteiger partial charge in [0.25, 0.3) is 0 Å². The lowest BCUT2D eigenvalue weighted by Crippen LogP contribution is -2.19. The van der Waals surface area contributed by atoms with Gasteiger partial charge in [0, 0.05) is 6.42 Å². The highest BCUT2D eigenvalue weighted by atomic mass is 32.2. The second-order valence-electron chi connectivity index (χ2n) is 1.43. The maximum absolute atomic E-state index is 11.3. The van der Waals surface area contributed by atoms with E-state index < -0.39 is 23.4 Å². The fraction of sp³-hybridized carbons (Fsp3) is 0.750. The van der Waals surface area contributed by atoms with Crippen LogP contribution in [-0.4, -0.2) is 11.4 Å². The second kappa shape index (κ2) is 3.70. The normalized spacial score (nSPS) is 11.2. The molecule has 0 aromatic rings. The molecule has 0 spiro atoms. The van der Waals surface area contributed by atoms with Gasteiger partial charge in [-0.15, -0.1) is 0 Å². The van der Waals surface area contributed by atoms with Crippen LogP contribution < -0.4 is 4.72 Å². The van der Waals surface area contributed by atoms with E-state index in [4.69, 9.17) is 0 Å². The minimum absolute atomic E-state index is 0.0586. The molecule has 0 atom stereocenters. The molecule has 1 N–H and O–H groups in total. The van der Waals surface area contributed by atoms with Crippen LogP contribution in [0.2, 0.25) is 0 Å². The number of halogens is 3. The number of carbonyl (C=O) groups is 1. The topological polar surface area (TPSA) is 29.1 Å². The van der Waals surface area contributed by atoms with Gasteiger partial charge in [0.15, 0.2) is 0 Å². The Balaban J connectivity index is 3.46. The number of amides is 1. The molecule has 1 amide bonds. The van der Waals surface area contributed by atoms with Crippen molar-refractivity contribution in [3.8, 4) is 0 Å². The molecule has 0 heterocycles. The molecule has 2 nitrogen and oxygen atoms in total. The molecule has 6 heteroatoms. The molecule has 0 bridgehead atoms. The zero-order valence-corrected chi connectivity index (χ0v) is 5.97. The Hall–Kier alpha value is -0.390. The molecular formula is C4H6F3NOS. The van der Waals surface area contributed by atoms with Crippen LogP contribution >= 0.6 is 11.9 Å². The van der Waals surface area contributed by atoms with Gasteiger partial charge in [-0.25, -0.2) is 0 Å². The smallest absolute Gasteiger partial charge is 0.293 e. The van der Waals surface area contributed by atoms with Crippen molar-refractivity contribution in [3.05, 3.63) is 0 Å². The van der Waals surface area contributed by atoms with Gasteiger partial charge in [0.05, 0.1) is 11.9 Å². The molecule has 0 saturated carbocycles. The molecule has 0 unspecified atom stereocenters. The van der Waals surface area contributed by atoms with Crippen LogP contribution in [0.25, 0.3) is 0 Å². The number of hydrogen-bond donors (Lipinski definition) is 1. The Morgan fingerprint density at radius 2 is 2.10 bits per heavy atom. The summed E-state index contributed by atoms with van der Waals surface area (Å²) in [5.41, 5.74) is -4.38. The van der Waals surface area contributed by atoms with Gasteiger partial charge in [0.1, 0.15) is 0 Å². The Bertz CT molecular complexity index is 124. The number of hydrogen-bond acceptors (Lipinski definition) is 2. The number of carbonyl (C=O) groups excluding carboxylic acids is 1. The second-order valence-corrected chi connectivity index (χ2v) is 2.30. The van der Waals surface area contributed by atoms with Gasteiger partial charge in [-0.2, -0.15) is 13.2 Å². The predicted molar refractivity (Wildman–Crippen MR) is 32.1 cm³/mol. The molecule has 0 aliphatic carbocycles. The van der Waals surface area contributed by atoms with Gasteiger partial charge >= 0.3 is 5.51 Å². The summed E-state index contributed by atoms with van der Waals surface area (Å²) in [6.45, 7) is 1.48. The van der Waals surface area contributed by atoms with Crippen molar-refractivity contribution in [2.45, 2.75) is 18.9 Å². The van der Waals surface area contributed by atoms with Crippen molar-refractivity contribution in [2.75, 3.05) is 0 Å². The first kappa shape index (κ1) is 9.61. The summed E-state index contributed by atoms with van der Waals surface area (Å²) in [7, 11) is 0. The van der Waals surface area contributed by atoms with E-state index in [1.54, 1.807) is 4.72 Å². The molecule has 60 valence electrons. The average molecular weight is 173 g/mol. The van der Waals surface area contributed by atoms with Crippen LogP contribution in [0.15, 0.2) is 0 Å². The summed E-state index contributed by atoms with van der Waals surface area (Å²) in [4.78, 5) is 10.2. The summed E-state index contributed by atoms with van der Waals surface area (Å²) in [6.07, 6.45) is 0.0586. The zero-order chi connectivity index (χ0) is 8.20. The highest BCUT2D eigenvalue weighted by Crippen LogP contribution is 2.26. The van der Waals surface area contributed by atoms with E-state index in [0.29, 0.717) is 0 Å². The van der Waals surface area contributed by atoms with Crippen LogP contribution in [0.3, 0.4) is 0 Å². The lowest BCUT2D eigenvalue weighted by Gasteiger charge is -2.04. The Morgan fingerprint density at radius 1 is 1.60 bits per heavy atom. The monoisotopic (exact) mass is 173 g/mol. The first-order chi connectivity index (χ1) is 4.45. The summed E-state index contributed by atoms with van der Waals surface area (Å²) in [6, 6.07) is 0. The predicted octanol–water partition coefficient (Wildman–Crippen LogP) is 1.68. The number of rotatable bonds is 2. The van der Waals surface area contributed by atoms with Gasteiger partial charge in [0.2, 0.25) is 5.91 Å². The highest BCUT2D eigenvalue weighted by Gasteiger charge is 2.29. The van der Waals surface area contributed by atoms with Crippen LogP contribution in [-0.2, 0) is 4.79 Å². The molecule has 0 aromatic carbocycles. The van der Waals surface area contributed by atoms with E-state index in [0.717, 1.165) is 0 Å². The molecule has 10 heavy (non-hydrogen) atoms. The minimum Gasteiger partial charge on any atom is -0.293 e. The fourth-order valence-corrected chi connectivity index (χ4v) is 0.561. The fourth-order valence-electron chi connectivity index (χ4n) is 0.187. The molecule has 0 radical (unpaired) electrons. The van der Waals surface area contributed by atoms with Gasteiger partial charge in [-0.1, -0.05) is 6.92 Å². The highest BCUT2D eigenvalue weighted by molar-refractivity contribution is 7.98. The first-order valence-electron chi connectivity index (χ1n) is 2.49. The number of alkyl halides is 3. The molecule has 0 rings (SSSR count). The van der Waals surface area contributed by atoms with E-state index in [9.17, 15) is 18.0 Å². The standard InChI is InChI=1S/C4H6F3NOS/c1-2-3(9)8-10-4(5,6)7/h2H2,1H3,(H,8,9). The van der Waals surface area contributed by atoms with E-state index in [1.807, 2.05) is 0 Å². The third kappa shape index (κ3) is 5.74. The lowest BCUT2D eigenvalue weighted by atomic mass is 10.5. The van der Waals surface area contributed by atoms with Crippen LogP contribution in [0.1, 0.15) is 13.3 Å². The number of nitrogens with one attached hydrogen (secondary N) is 1. The first-order valence-corrected chi connectivity index (χ1v) is 3.31. The molecule has 0 fully saturated rings. The largest absolute Gasteiger partial charge is 0.461 e. The SMILES string of the molecule is CCC(=O)NSC(F)(F)F. The average Bonchev–Trinajstić information content (AvgIpc) is 1.81. The van der Waals surface area contributed by atoms with E-state index >= 15 is 0 Å². The van der Waals surface area contributed by atoms with Crippen molar-refractivity contribution >= 4 is 17.9 Å². The third-order valence-electron chi connectivity index (χ3n) is 0.602. The zero-order valence-electron chi connectivity index (χ0n) is 5.16. The third-order valence-corrected chi connectivity index (χ3v) is 1.16. The van der Waals surface area contributed by atoms with Crippen molar-refractivity contribution in [1.82, 2.24) is 4.72 Å². The lowest BCUT2D eigenvalue weighted by molar-refractivity contribution is -0.119. The Labute approximate surface area is 60.3 Å². The summed E-state index contributed by atoms with van der Waals surface area (Å²) in [5, 5.41) is 0. The van der Waals surface area contributed by atoms with Crippen molar-refractivity contribution < 1.29 is 18.0 Å². The summed E-state index contributed by atoms with van der Waals surface area (Å²) < 4.78 is 35.5. The summed E-state index contributed by atoms with van der Waals surface area (Å²) in [5.74, 6) is -0.623. The van der Waals surface area contributed by atoms with Crippen LogP contribution in [0.5, 0.6) is 0 Å². The Morgan fingerprint density at radius 3 is 2.40 bits per heavy atom. The molecule has 0 aliphatic rings. The van der Waals surface area contributed by atoms with Crippen LogP contribution in [0.4, 0.5) is 13.2 Å². The maximum Gasteiger partial charge on any atom is 0.461 e. The molecule has 0 aromatic heterocycles. The Kier molecular flexibility index (Phi) is 3.55. The molecule has 0 saturated heterocycles.